The van der Waals surface area contributed by atoms with Crippen LogP contribution in [0.5, 0.6) is 0 Å². The Morgan fingerprint density at radius 3 is 2.24 bits per heavy atom. The number of hydrogen-bond donors (Lipinski definition) is 1. The molecule has 2 aromatic rings. The second-order valence-electron chi connectivity index (χ2n) is 6.04. The van der Waals surface area contributed by atoms with Crippen LogP contribution in [0.3, 0.4) is 0 Å². The molecule has 0 fully saturated rings. The molecule has 0 unspecified atom stereocenters. The summed E-state index contributed by atoms with van der Waals surface area (Å²) >= 11 is 0. The molecule has 0 radical (unpaired) electrons. The van der Waals surface area contributed by atoms with E-state index in [2.05, 4.69) is 42.3 Å². The van der Waals surface area contributed by atoms with Crippen molar-refractivity contribution in [3.63, 3.8) is 0 Å². The first-order valence-corrected chi connectivity index (χ1v) is 8.83. The summed E-state index contributed by atoms with van der Waals surface area (Å²) in [5.74, 6) is -0.0541. The summed E-state index contributed by atoms with van der Waals surface area (Å²) in [5, 5.41) is 3.03. The Kier molecular flexibility index (Phi) is 7.64. The number of carbonyl (C=O) groups excluding carboxylic acids is 1. The van der Waals surface area contributed by atoms with Gasteiger partial charge in [0.25, 0.3) is 5.91 Å². The van der Waals surface area contributed by atoms with Gasteiger partial charge in [0.2, 0.25) is 0 Å². The third kappa shape index (κ3) is 5.69. The highest BCUT2D eigenvalue weighted by Crippen LogP contribution is 2.12. The molecule has 4 heteroatoms. The van der Waals surface area contributed by atoms with E-state index in [0.29, 0.717) is 18.7 Å². The third-order valence-corrected chi connectivity index (χ3v) is 4.37. The second-order valence-corrected chi connectivity index (χ2v) is 6.04. The minimum Gasteiger partial charge on any atom is -0.380 e. The number of benzene rings is 2. The quantitative estimate of drug-likeness (QED) is 0.758. The number of ether oxygens (including phenoxy) is 1. The van der Waals surface area contributed by atoms with Crippen LogP contribution in [0.15, 0.2) is 48.5 Å². The van der Waals surface area contributed by atoms with Gasteiger partial charge in [0.05, 0.1) is 6.61 Å². The highest BCUT2D eigenvalue weighted by molar-refractivity contribution is 5.94. The van der Waals surface area contributed by atoms with E-state index in [-0.39, 0.29) is 5.91 Å². The standard InChI is InChI=1S/C21H28N2O2/c1-4-23(5-2)15-20-9-7-6-8-19(20)14-22-21(24)18-12-10-17(11-13-18)16-25-3/h6-13H,4-5,14-16H2,1-3H3,(H,22,24). The molecule has 25 heavy (non-hydrogen) atoms. The predicted octanol–water partition coefficient (Wildman–Crippen LogP) is 3.60. The Morgan fingerprint density at radius 1 is 1.00 bits per heavy atom. The molecular weight excluding hydrogens is 312 g/mol. The van der Waals surface area contributed by atoms with Crippen LogP contribution in [0.2, 0.25) is 0 Å². The Bertz CT molecular complexity index is 664. The van der Waals surface area contributed by atoms with Crippen LogP contribution >= 0.6 is 0 Å². The summed E-state index contributed by atoms with van der Waals surface area (Å²) in [6, 6.07) is 15.8. The monoisotopic (exact) mass is 340 g/mol. The zero-order chi connectivity index (χ0) is 18.1. The first-order valence-electron chi connectivity index (χ1n) is 8.83. The fourth-order valence-electron chi connectivity index (χ4n) is 2.77. The number of amides is 1. The maximum Gasteiger partial charge on any atom is 0.251 e. The summed E-state index contributed by atoms with van der Waals surface area (Å²) in [6.45, 7) is 8.37. The van der Waals surface area contributed by atoms with Crippen LogP contribution in [-0.4, -0.2) is 31.0 Å². The molecule has 134 valence electrons. The topological polar surface area (TPSA) is 41.6 Å². The molecule has 0 saturated carbocycles. The molecule has 0 atom stereocenters. The van der Waals surface area contributed by atoms with E-state index >= 15 is 0 Å². The fourth-order valence-corrected chi connectivity index (χ4v) is 2.77. The smallest absolute Gasteiger partial charge is 0.251 e. The number of methoxy groups -OCH3 is 1. The zero-order valence-electron chi connectivity index (χ0n) is 15.4. The van der Waals surface area contributed by atoms with Crippen LogP contribution in [0.1, 0.15) is 40.9 Å². The van der Waals surface area contributed by atoms with E-state index in [1.54, 1.807) is 7.11 Å². The van der Waals surface area contributed by atoms with E-state index in [1.165, 1.54) is 11.1 Å². The molecule has 2 rings (SSSR count). The van der Waals surface area contributed by atoms with Crippen molar-refractivity contribution in [2.75, 3.05) is 20.2 Å². The highest BCUT2D eigenvalue weighted by atomic mass is 16.5. The number of carbonyl (C=O) groups is 1. The van der Waals surface area contributed by atoms with Crippen LogP contribution in [0.25, 0.3) is 0 Å². The van der Waals surface area contributed by atoms with E-state index in [9.17, 15) is 4.79 Å². The van der Waals surface area contributed by atoms with Gasteiger partial charge in [0, 0.05) is 25.8 Å². The average molecular weight is 340 g/mol. The number of nitrogens with one attached hydrogen (secondary N) is 1. The summed E-state index contributed by atoms with van der Waals surface area (Å²) in [7, 11) is 1.66. The molecule has 0 aliphatic rings. The van der Waals surface area contributed by atoms with E-state index in [4.69, 9.17) is 4.74 Å². The summed E-state index contributed by atoms with van der Waals surface area (Å²) < 4.78 is 5.09. The molecule has 0 spiro atoms. The van der Waals surface area contributed by atoms with Gasteiger partial charge in [-0.25, -0.2) is 0 Å². The largest absolute Gasteiger partial charge is 0.380 e. The van der Waals surface area contributed by atoms with E-state index in [1.807, 2.05) is 30.3 Å². The molecule has 0 aliphatic carbocycles. The van der Waals surface area contributed by atoms with Crippen molar-refractivity contribution in [3.8, 4) is 0 Å². The van der Waals surface area contributed by atoms with Gasteiger partial charge in [0.15, 0.2) is 0 Å². The lowest BCUT2D eigenvalue weighted by Crippen LogP contribution is -2.26. The molecule has 1 amide bonds. The molecule has 2 aromatic carbocycles. The summed E-state index contributed by atoms with van der Waals surface area (Å²) in [4.78, 5) is 14.8. The lowest BCUT2D eigenvalue weighted by Gasteiger charge is -2.20. The minimum absolute atomic E-state index is 0.0541. The van der Waals surface area contributed by atoms with Crippen molar-refractivity contribution >= 4 is 5.91 Å². The Morgan fingerprint density at radius 2 is 1.64 bits per heavy atom. The van der Waals surface area contributed by atoms with Gasteiger partial charge in [0.1, 0.15) is 0 Å². The van der Waals surface area contributed by atoms with Crippen LogP contribution < -0.4 is 5.32 Å². The Balaban J connectivity index is 1.99. The van der Waals surface area contributed by atoms with Gasteiger partial charge in [-0.3, -0.25) is 9.69 Å². The predicted molar refractivity (Wildman–Crippen MR) is 101 cm³/mol. The molecule has 0 aliphatic heterocycles. The summed E-state index contributed by atoms with van der Waals surface area (Å²) in [6.07, 6.45) is 0. The lowest BCUT2D eigenvalue weighted by atomic mass is 10.1. The SMILES string of the molecule is CCN(CC)Cc1ccccc1CNC(=O)c1ccc(COC)cc1. The number of hydrogen-bond acceptors (Lipinski definition) is 3. The van der Waals surface area contributed by atoms with Gasteiger partial charge in [-0.2, -0.15) is 0 Å². The molecular formula is C21H28N2O2. The molecule has 0 aromatic heterocycles. The zero-order valence-corrected chi connectivity index (χ0v) is 15.4. The van der Waals surface area contributed by atoms with Gasteiger partial charge < -0.3 is 10.1 Å². The first-order chi connectivity index (χ1) is 12.2. The second kappa shape index (κ2) is 9.97. The lowest BCUT2D eigenvalue weighted by molar-refractivity contribution is 0.0950. The van der Waals surface area contributed by atoms with Crippen LogP contribution in [0.4, 0.5) is 0 Å². The normalized spacial score (nSPS) is 10.9. The van der Waals surface area contributed by atoms with Gasteiger partial charge in [-0.15, -0.1) is 0 Å². The minimum atomic E-state index is -0.0541. The first kappa shape index (κ1) is 19.2. The Hall–Kier alpha value is -2.17. The highest BCUT2D eigenvalue weighted by Gasteiger charge is 2.09. The van der Waals surface area contributed by atoms with Crippen LogP contribution in [-0.2, 0) is 24.4 Å². The van der Waals surface area contributed by atoms with Crippen LogP contribution in [0, 0.1) is 0 Å². The van der Waals surface area contributed by atoms with Crippen molar-refractivity contribution in [1.29, 1.82) is 0 Å². The number of rotatable bonds is 9. The van der Waals surface area contributed by atoms with Crippen molar-refractivity contribution in [1.82, 2.24) is 10.2 Å². The maximum atomic E-state index is 12.4. The molecule has 0 heterocycles. The average Bonchev–Trinajstić information content (AvgIpc) is 2.65. The molecule has 4 nitrogen and oxygen atoms in total. The fraction of sp³-hybridized carbons (Fsp3) is 0.381. The molecule has 1 N–H and O–H groups in total. The van der Waals surface area contributed by atoms with Crippen molar-refractivity contribution < 1.29 is 9.53 Å². The third-order valence-electron chi connectivity index (χ3n) is 4.37. The van der Waals surface area contributed by atoms with Gasteiger partial charge >= 0.3 is 0 Å². The van der Waals surface area contributed by atoms with Crippen molar-refractivity contribution in [2.24, 2.45) is 0 Å². The van der Waals surface area contributed by atoms with E-state index < -0.39 is 0 Å². The summed E-state index contributed by atoms with van der Waals surface area (Å²) in [5.41, 5.74) is 4.16. The molecule has 0 saturated heterocycles. The van der Waals surface area contributed by atoms with Gasteiger partial charge in [-0.1, -0.05) is 50.2 Å². The van der Waals surface area contributed by atoms with Crippen molar-refractivity contribution in [3.05, 3.63) is 70.8 Å². The van der Waals surface area contributed by atoms with Crippen molar-refractivity contribution in [2.45, 2.75) is 33.5 Å². The molecule has 0 bridgehead atoms. The van der Waals surface area contributed by atoms with E-state index in [0.717, 1.165) is 25.2 Å². The van der Waals surface area contributed by atoms with Gasteiger partial charge in [-0.05, 0) is 41.9 Å². The Labute approximate surface area is 150 Å². The maximum absolute atomic E-state index is 12.4. The number of nitrogens with zero attached hydrogens (tertiary/aromatic N) is 1.